The van der Waals surface area contributed by atoms with Crippen LogP contribution in [0.15, 0.2) is 30.3 Å². The standard InChI is InChI=1S/C26H44O3/c1-4-5-6-7-8-9-10-11-15-18-26(20-23(2)19-25(27-3)29-26)22-28-21-24-16-13-12-14-17-24/h12-14,16-17,23,25H,4-11,15,18-22H2,1-3H3/t23-,25?,26+/m1/s1. The molecule has 29 heavy (non-hydrogen) atoms. The van der Waals surface area contributed by atoms with Gasteiger partial charge in [0.1, 0.15) is 0 Å². The first-order valence-corrected chi connectivity index (χ1v) is 12.0. The number of methoxy groups -OCH3 is 1. The molecule has 3 nitrogen and oxygen atoms in total. The zero-order valence-electron chi connectivity index (χ0n) is 19.2. The highest BCUT2D eigenvalue weighted by molar-refractivity contribution is 5.13. The summed E-state index contributed by atoms with van der Waals surface area (Å²) < 4.78 is 18.2. The van der Waals surface area contributed by atoms with Crippen molar-refractivity contribution in [1.29, 1.82) is 0 Å². The number of rotatable bonds is 15. The van der Waals surface area contributed by atoms with Crippen LogP contribution in [-0.2, 0) is 20.8 Å². The molecular formula is C26H44O3. The Balaban J connectivity index is 1.76. The molecule has 3 heteroatoms. The lowest BCUT2D eigenvalue weighted by atomic mass is 9.83. The first kappa shape index (κ1) is 24.4. The van der Waals surface area contributed by atoms with E-state index >= 15 is 0 Å². The van der Waals surface area contributed by atoms with Gasteiger partial charge in [-0.05, 0) is 24.3 Å². The SMILES string of the molecule is CCCCCCCCCCC[C@@]1(COCc2ccccc2)C[C@H](C)CC(OC)O1. The maximum Gasteiger partial charge on any atom is 0.158 e. The molecule has 0 aliphatic carbocycles. The van der Waals surface area contributed by atoms with Gasteiger partial charge >= 0.3 is 0 Å². The van der Waals surface area contributed by atoms with E-state index in [9.17, 15) is 0 Å². The molecule has 0 bridgehead atoms. The number of hydrogen-bond acceptors (Lipinski definition) is 3. The van der Waals surface area contributed by atoms with E-state index in [0.717, 1.165) is 19.3 Å². The van der Waals surface area contributed by atoms with Crippen LogP contribution in [0.3, 0.4) is 0 Å². The quantitative estimate of drug-likeness (QED) is 0.287. The van der Waals surface area contributed by atoms with Crippen LogP contribution in [-0.4, -0.2) is 25.6 Å². The highest BCUT2D eigenvalue weighted by atomic mass is 16.7. The van der Waals surface area contributed by atoms with Crippen molar-refractivity contribution in [2.24, 2.45) is 5.92 Å². The average molecular weight is 405 g/mol. The van der Waals surface area contributed by atoms with E-state index in [4.69, 9.17) is 14.2 Å². The summed E-state index contributed by atoms with van der Waals surface area (Å²) >= 11 is 0. The second-order valence-electron chi connectivity index (χ2n) is 9.07. The van der Waals surface area contributed by atoms with E-state index < -0.39 is 0 Å². The molecule has 1 unspecified atom stereocenters. The van der Waals surface area contributed by atoms with Gasteiger partial charge in [-0.3, -0.25) is 0 Å². The molecule has 1 aliphatic heterocycles. The minimum absolute atomic E-state index is 0.0994. The van der Waals surface area contributed by atoms with E-state index in [1.807, 2.05) is 6.07 Å². The monoisotopic (exact) mass is 404 g/mol. The van der Waals surface area contributed by atoms with Gasteiger partial charge in [0.05, 0.1) is 18.8 Å². The predicted molar refractivity (Wildman–Crippen MR) is 121 cm³/mol. The van der Waals surface area contributed by atoms with Crippen molar-refractivity contribution in [3.05, 3.63) is 35.9 Å². The molecule has 2 rings (SSSR count). The van der Waals surface area contributed by atoms with Gasteiger partial charge in [-0.25, -0.2) is 0 Å². The van der Waals surface area contributed by atoms with Crippen LogP contribution in [0, 0.1) is 5.92 Å². The van der Waals surface area contributed by atoms with Crippen molar-refractivity contribution in [3.63, 3.8) is 0 Å². The minimum Gasteiger partial charge on any atom is -0.374 e. The molecule has 1 aromatic carbocycles. The average Bonchev–Trinajstić information content (AvgIpc) is 2.73. The van der Waals surface area contributed by atoms with E-state index in [0.29, 0.717) is 19.1 Å². The van der Waals surface area contributed by atoms with Crippen molar-refractivity contribution >= 4 is 0 Å². The Labute approximate surface area is 179 Å². The second-order valence-corrected chi connectivity index (χ2v) is 9.07. The summed E-state index contributed by atoms with van der Waals surface area (Å²) in [7, 11) is 1.76. The molecule has 0 N–H and O–H groups in total. The lowest BCUT2D eigenvalue weighted by molar-refractivity contribution is -0.255. The van der Waals surface area contributed by atoms with E-state index in [1.54, 1.807) is 7.11 Å². The molecule has 0 aromatic heterocycles. The third kappa shape index (κ3) is 9.63. The highest BCUT2D eigenvalue weighted by Gasteiger charge is 2.40. The van der Waals surface area contributed by atoms with Crippen LogP contribution in [0.25, 0.3) is 0 Å². The van der Waals surface area contributed by atoms with Crippen LogP contribution in [0.4, 0.5) is 0 Å². The van der Waals surface area contributed by atoms with Crippen molar-refractivity contribution in [2.45, 2.75) is 109 Å². The number of ether oxygens (including phenoxy) is 3. The Kier molecular flexibility index (Phi) is 11.9. The molecular weight excluding hydrogens is 360 g/mol. The lowest BCUT2D eigenvalue weighted by Gasteiger charge is -2.43. The third-order valence-corrected chi connectivity index (χ3v) is 6.17. The Morgan fingerprint density at radius 3 is 2.28 bits per heavy atom. The van der Waals surface area contributed by atoms with Gasteiger partial charge in [0, 0.05) is 13.5 Å². The molecule has 166 valence electrons. The molecule has 1 saturated heterocycles. The minimum atomic E-state index is -0.200. The molecule has 0 saturated carbocycles. The van der Waals surface area contributed by atoms with Gasteiger partial charge in [0.2, 0.25) is 0 Å². The second kappa shape index (κ2) is 14.2. The van der Waals surface area contributed by atoms with E-state index in [2.05, 4.69) is 38.1 Å². The Bertz CT molecular complexity index is 518. The predicted octanol–water partition coefficient (Wildman–Crippen LogP) is 7.28. The lowest BCUT2D eigenvalue weighted by Crippen LogP contribution is -2.47. The zero-order chi connectivity index (χ0) is 20.8. The van der Waals surface area contributed by atoms with Crippen LogP contribution < -0.4 is 0 Å². The highest BCUT2D eigenvalue weighted by Crippen LogP contribution is 2.37. The van der Waals surface area contributed by atoms with Crippen LogP contribution in [0.1, 0.15) is 96.5 Å². The fourth-order valence-electron chi connectivity index (χ4n) is 4.58. The zero-order valence-corrected chi connectivity index (χ0v) is 19.2. The molecule has 1 aliphatic rings. The fourth-order valence-corrected chi connectivity index (χ4v) is 4.58. The van der Waals surface area contributed by atoms with E-state index in [-0.39, 0.29) is 11.9 Å². The van der Waals surface area contributed by atoms with Crippen LogP contribution >= 0.6 is 0 Å². The summed E-state index contributed by atoms with van der Waals surface area (Å²) in [6.07, 6.45) is 15.2. The van der Waals surface area contributed by atoms with Gasteiger partial charge in [0.25, 0.3) is 0 Å². The number of hydrogen-bond donors (Lipinski definition) is 0. The summed E-state index contributed by atoms with van der Waals surface area (Å²) in [6, 6.07) is 10.4. The van der Waals surface area contributed by atoms with Gasteiger partial charge in [0.15, 0.2) is 6.29 Å². The third-order valence-electron chi connectivity index (χ3n) is 6.17. The summed E-state index contributed by atoms with van der Waals surface area (Å²) in [5.41, 5.74) is 1.02. The van der Waals surface area contributed by atoms with Crippen molar-refractivity contribution in [1.82, 2.24) is 0 Å². The van der Waals surface area contributed by atoms with Gasteiger partial charge in [-0.1, -0.05) is 102 Å². The first-order chi connectivity index (χ1) is 14.2. The molecule has 1 aromatic rings. The molecule has 1 heterocycles. The molecule has 0 amide bonds. The van der Waals surface area contributed by atoms with E-state index in [1.165, 1.54) is 63.4 Å². The van der Waals surface area contributed by atoms with Crippen molar-refractivity contribution in [2.75, 3.05) is 13.7 Å². The normalized spacial score (nSPS) is 24.7. The largest absolute Gasteiger partial charge is 0.374 e. The smallest absolute Gasteiger partial charge is 0.158 e. The molecule has 0 spiro atoms. The summed E-state index contributed by atoms with van der Waals surface area (Å²) in [5.74, 6) is 0.604. The maximum absolute atomic E-state index is 6.46. The Morgan fingerprint density at radius 2 is 1.62 bits per heavy atom. The molecule has 1 fully saturated rings. The summed E-state index contributed by atoms with van der Waals surface area (Å²) in [6.45, 7) is 5.90. The van der Waals surface area contributed by atoms with Gasteiger partial charge < -0.3 is 14.2 Å². The number of benzene rings is 1. The van der Waals surface area contributed by atoms with Crippen molar-refractivity contribution < 1.29 is 14.2 Å². The van der Waals surface area contributed by atoms with Gasteiger partial charge in [-0.2, -0.15) is 0 Å². The molecule has 0 radical (unpaired) electrons. The first-order valence-electron chi connectivity index (χ1n) is 12.0. The maximum atomic E-state index is 6.46. The van der Waals surface area contributed by atoms with Crippen molar-refractivity contribution in [3.8, 4) is 0 Å². The topological polar surface area (TPSA) is 27.7 Å². The number of unbranched alkanes of at least 4 members (excludes halogenated alkanes) is 8. The fraction of sp³-hybridized carbons (Fsp3) is 0.769. The molecule has 3 atom stereocenters. The van der Waals surface area contributed by atoms with Crippen LogP contribution in [0.5, 0.6) is 0 Å². The Morgan fingerprint density at radius 1 is 0.966 bits per heavy atom. The Hall–Kier alpha value is -0.900. The van der Waals surface area contributed by atoms with Gasteiger partial charge in [-0.15, -0.1) is 0 Å². The van der Waals surface area contributed by atoms with Crippen LogP contribution in [0.2, 0.25) is 0 Å². The summed E-state index contributed by atoms with van der Waals surface area (Å²) in [4.78, 5) is 0. The summed E-state index contributed by atoms with van der Waals surface area (Å²) in [5, 5.41) is 0.